The number of aryl methyl sites for hydroxylation is 2. The second-order valence-corrected chi connectivity index (χ2v) is 5.17. The quantitative estimate of drug-likeness (QED) is 0.855. The van der Waals surface area contributed by atoms with Crippen LogP contribution in [-0.4, -0.2) is 28.7 Å². The van der Waals surface area contributed by atoms with Crippen LogP contribution in [0.5, 0.6) is 5.75 Å². The molecular weight excluding hydrogens is 296 g/mol. The van der Waals surface area contributed by atoms with E-state index in [0.29, 0.717) is 23.7 Å². The molecule has 7 nitrogen and oxygen atoms in total. The largest absolute Gasteiger partial charge is 0.497 e. The van der Waals surface area contributed by atoms with Gasteiger partial charge < -0.3 is 15.4 Å². The van der Waals surface area contributed by atoms with Gasteiger partial charge in [0.05, 0.1) is 24.7 Å². The van der Waals surface area contributed by atoms with E-state index in [1.54, 1.807) is 36.2 Å². The van der Waals surface area contributed by atoms with Gasteiger partial charge in [0.1, 0.15) is 5.75 Å². The van der Waals surface area contributed by atoms with E-state index in [0.717, 1.165) is 5.56 Å². The first-order chi connectivity index (χ1) is 11.0. The molecule has 2 aromatic rings. The van der Waals surface area contributed by atoms with Crippen LogP contribution in [0.1, 0.15) is 18.9 Å². The molecule has 0 bridgehead atoms. The Morgan fingerprint density at radius 3 is 2.65 bits per heavy atom. The minimum Gasteiger partial charge on any atom is -0.497 e. The summed E-state index contributed by atoms with van der Waals surface area (Å²) >= 11 is 0. The fraction of sp³-hybridized carbons (Fsp3) is 0.312. The van der Waals surface area contributed by atoms with Gasteiger partial charge in [-0.05, 0) is 24.6 Å². The van der Waals surface area contributed by atoms with Gasteiger partial charge in [-0.3, -0.25) is 14.3 Å². The predicted octanol–water partition coefficient (Wildman–Crippen LogP) is 2.19. The number of carbonyl (C=O) groups excluding carboxylic acids is 2. The lowest BCUT2D eigenvalue weighted by molar-refractivity contribution is -0.116. The highest BCUT2D eigenvalue weighted by molar-refractivity contribution is 5.99. The summed E-state index contributed by atoms with van der Waals surface area (Å²) < 4.78 is 6.87. The third-order valence-corrected chi connectivity index (χ3v) is 3.14. The van der Waals surface area contributed by atoms with Crippen molar-refractivity contribution in [2.45, 2.75) is 26.8 Å². The van der Waals surface area contributed by atoms with E-state index in [1.165, 1.54) is 6.92 Å². The zero-order valence-corrected chi connectivity index (χ0v) is 13.4. The van der Waals surface area contributed by atoms with Gasteiger partial charge >= 0.3 is 0 Å². The molecule has 2 amide bonds. The molecule has 122 valence electrons. The second-order valence-electron chi connectivity index (χ2n) is 5.17. The first-order valence-corrected chi connectivity index (χ1v) is 7.22. The van der Waals surface area contributed by atoms with E-state index < -0.39 is 0 Å². The lowest BCUT2D eigenvalue weighted by Gasteiger charge is -2.13. The van der Waals surface area contributed by atoms with Crippen molar-refractivity contribution < 1.29 is 14.3 Å². The maximum Gasteiger partial charge on any atom is 0.226 e. The van der Waals surface area contributed by atoms with Crippen molar-refractivity contribution in [3.05, 3.63) is 36.2 Å². The van der Waals surface area contributed by atoms with Gasteiger partial charge in [0, 0.05) is 32.2 Å². The molecule has 1 aromatic carbocycles. The molecule has 0 radical (unpaired) electrons. The van der Waals surface area contributed by atoms with E-state index in [-0.39, 0.29) is 18.2 Å². The smallest absolute Gasteiger partial charge is 0.226 e. The van der Waals surface area contributed by atoms with Crippen LogP contribution in [0.2, 0.25) is 0 Å². The van der Waals surface area contributed by atoms with Crippen LogP contribution in [0.15, 0.2) is 30.6 Å². The minimum absolute atomic E-state index is 0.169. The van der Waals surface area contributed by atoms with Gasteiger partial charge in [-0.15, -0.1) is 0 Å². The van der Waals surface area contributed by atoms with Crippen molar-refractivity contribution in [2.24, 2.45) is 0 Å². The van der Waals surface area contributed by atoms with Crippen LogP contribution in [0.3, 0.4) is 0 Å². The molecule has 7 heteroatoms. The van der Waals surface area contributed by atoms with Crippen LogP contribution in [0.4, 0.5) is 11.4 Å². The molecule has 0 saturated heterocycles. The summed E-state index contributed by atoms with van der Waals surface area (Å²) in [4.78, 5) is 23.4. The molecule has 0 fully saturated rings. The van der Waals surface area contributed by atoms with Gasteiger partial charge in [0.15, 0.2) is 0 Å². The monoisotopic (exact) mass is 316 g/mol. The van der Waals surface area contributed by atoms with Gasteiger partial charge in [-0.2, -0.15) is 5.10 Å². The summed E-state index contributed by atoms with van der Waals surface area (Å²) in [7, 11) is 1.54. The van der Waals surface area contributed by atoms with E-state index in [9.17, 15) is 9.59 Å². The normalized spacial score (nSPS) is 10.2. The van der Waals surface area contributed by atoms with Crippen molar-refractivity contribution in [1.29, 1.82) is 0 Å². The lowest BCUT2D eigenvalue weighted by atomic mass is 10.2. The molecule has 0 aliphatic heterocycles. The third-order valence-electron chi connectivity index (χ3n) is 3.14. The maximum absolute atomic E-state index is 12.1. The number of anilines is 2. The number of carbonyl (C=O) groups is 2. The predicted molar refractivity (Wildman–Crippen MR) is 87.5 cm³/mol. The molecule has 0 saturated carbocycles. The van der Waals surface area contributed by atoms with Crippen molar-refractivity contribution in [2.75, 3.05) is 17.7 Å². The SMILES string of the molecule is COc1ccc(NC(C)=O)c(NC(=O)CCn2cc(C)cn2)c1. The van der Waals surface area contributed by atoms with E-state index in [4.69, 9.17) is 4.74 Å². The summed E-state index contributed by atoms with van der Waals surface area (Å²) in [6, 6.07) is 5.07. The minimum atomic E-state index is -0.210. The summed E-state index contributed by atoms with van der Waals surface area (Å²) in [5.74, 6) is 0.216. The first kappa shape index (κ1) is 16.5. The molecule has 0 atom stereocenters. The molecule has 2 N–H and O–H groups in total. The number of rotatable bonds is 6. The number of methoxy groups -OCH3 is 1. The van der Waals surface area contributed by atoms with Crippen LogP contribution in [0, 0.1) is 6.92 Å². The van der Waals surface area contributed by atoms with Gasteiger partial charge in [0.25, 0.3) is 0 Å². The zero-order chi connectivity index (χ0) is 16.8. The molecule has 0 spiro atoms. The van der Waals surface area contributed by atoms with Crippen LogP contribution >= 0.6 is 0 Å². The number of aromatic nitrogens is 2. The topological polar surface area (TPSA) is 85.3 Å². The Hall–Kier alpha value is -2.83. The standard InChI is InChI=1S/C16H20N4O3/c1-11-9-17-20(10-11)7-6-16(22)19-15-8-13(23-3)4-5-14(15)18-12(2)21/h4-5,8-10H,6-7H2,1-3H3,(H,18,21)(H,19,22). The molecular formula is C16H20N4O3. The Kier molecular flexibility index (Phi) is 5.35. The number of amides is 2. The molecule has 23 heavy (non-hydrogen) atoms. The number of benzene rings is 1. The van der Waals surface area contributed by atoms with Crippen molar-refractivity contribution in [3.63, 3.8) is 0 Å². The van der Waals surface area contributed by atoms with Crippen LogP contribution in [0.25, 0.3) is 0 Å². The Bertz CT molecular complexity index is 709. The second kappa shape index (κ2) is 7.44. The number of ether oxygens (including phenoxy) is 1. The highest BCUT2D eigenvalue weighted by Gasteiger charge is 2.10. The summed E-state index contributed by atoms with van der Waals surface area (Å²) in [5, 5.41) is 9.61. The van der Waals surface area contributed by atoms with Crippen molar-refractivity contribution in [1.82, 2.24) is 9.78 Å². The summed E-state index contributed by atoms with van der Waals surface area (Å²) in [5.41, 5.74) is 2.08. The van der Waals surface area contributed by atoms with E-state index in [1.807, 2.05) is 13.1 Å². The molecule has 2 rings (SSSR count). The Morgan fingerprint density at radius 2 is 2.04 bits per heavy atom. The van der Waals surface area contributed by atoms with Gasteiger partial charge in [-0.1, -0.05) is 0 Å². The number of nitrogens with zero attached hydrogens (tertiary/aromatic N) is 2. The number of nitrogens with one attached hydrogen (secondary N) is 2. The van der Waals surface area contributed by atoms with E-state index in [2.05, 4.69) is 15.7 Å². The van der Waals surface area contributed by atoms with Crippen molar-refractivity contribution >= 4 is 23.2 Å². The van der Waals surface area contributed by atoms with Crippen molar-refractivity contribution in [3.8, 4) is 5.75 Å². The van der Waals surface area contributed by atoms with Gasteiger partial charge in [-0.25, -0.2) is 0 Å². The highest BCUT2D eigenvalue weighted by atomic mass is 16.5. The average molecular weight is 316 g/mol. The molecule has 1 heterocycles. The van der Waals surface area contributed by atoms with Gasteiger partial charge in [0.2, 0.25) is 11.8 Å². The molecule has 0 aliphatic carbocycles. The third kappa shape index (κ3) is 4.84. The maximum atomic E-state index is 12.1. The Morgan fingerprint density at radius 1 is 1.26 bits per heavy atom. The van der Waals surface area contributed by atoms with Crippen LogP contribution < -0.4 is 15.4 Å². The number of hydrogen-bond acceptors (Lipinski definition) is 4. The highest BCUT2D eigenvalue weighted by Crippen LogP contribution is 2.27. The Balaban J connectivity index is 2.04. The lowest BCUT2D eigenvalue weighted by Crippen LogP contribution is -2.17. The zero-order valence-electron chi connectivity index (χ0n) is 13.4. The van der Waals surface area contributed by atoms with Crippen LogP contribution in [-0.2, 0) is 16.1 Å². The Labute approximate surface area is 134 Å². The average Bonchev–Trinajstić information content (AvgIpc) is 2.92. The molecule has 0 unspecified atom stereocenters. The fourth-order valence-corrected chi connectivity index (χ4v) is 2.07. The first-order valence-electron chi connectivity index (χ1n) is 7.22. The number of hydrogen-bond donors (Lipinski definition) is 2. The van der Waals surface area contributed by atoms with E-state index >= 15 is 0 Å². The molecule has 0 aliphatic rings. The summed E-state index contributed by atoms with van der Waals surface area (Å²) in [6.07, 6.45) is 3.90. The fourth-order valence-electron chi connectivity index (χ4n) is 2.07. The summed E-state index contributed by atoms with van der Waals surface area (Å²) in [6.45, 7) is 3.84. The molecule has 1 aromatic heterocycles.